The van der Waals surface area contributed by atoms with Crippen LogP contribution in [0.2, 0.25) is 0 Å². The van der Waals surface area contributed by atoms with E-state index in [1.807, 2.05) is 12.1 Å². The molecule has 0 N–H and O–H groups in total. The van der Waals surface area contributed by atoms with Crippen LogP contribution in [0.5, 0.6) is 0 Å². The first-order valence-corrected chi connectivity index (χ1v) is 11.5. The van der Waals surface area contributed by atoms with E-state index in [0.717, 1.165) is 16.9 Å². The van der Waals surface area contributed by atoms with E-state index in [1.54, 1.807) is 12.1 Å². The largest absolute Gasteiger partial charge is 0.224 e. The topological polar surface area (TPSA) is 34.1 Å². The molecule has 2 aliphatic carbocycles. The van der Waals surface area contributed by atoms with Crippen LogP contribution in [0, 0.1) is 5.41 Å². The molecule has 1 spiro atoms. The first kappa shape index (κ1) is 17.9. The Morgan fingerprint density at radius 1 is 0.962 bits per heavy atom. The molecule has 4 rings (SSSR count). The minimum Gasteiger partial charge on any atom is -0.224 e. The average molecular weight is 385 g/mol. The molecule has 2 nitrogen and oxygen atoms in total. The number of hydrogen-bond donors (Lipinski definition) is 1. The molecule has 1 saturated carbocycles. The molecule has 0 aliphatic heterocycles. The SMILES string of the molecule is CS(=O)(=O)c1ccc(C2=CC(c3ccc(S)cc3)C3(CCCC3)C2)cc1. The van der Waals surface area contributed by atoms with Crippen LogP contribution in [0.25, 0.3) is 5.57 Å². The summed E-state index contributed by atoms with van der Waals surface area (Å²) in [5.74, 6) is 0.434. The standard InChI is InChI=1S/C22H24O2S2/c1-26(23,24)20-10-6-16(7-11-20)18-14-21(17-4-8-19(25)9-5-17)22(15-18)12-2-3-13-22/h4-11,14,21,25H,2-3,12-13,15H2,1H3. The van der Waals surface area contributed by atoms with Crippen LogP contribution in [0.4, 0.5) is 0 Å². The van der Waals surface area contributed by atoms with Crippen LogP contribution in [-0.2, 0) is 9.84 Å². The lowest BCUT2D eigenvalue weighted by Gasteiger charge is -2.32. The van der Waals surface area contributed by atoms with Crippen molar-refractivity contribution < 1.29 is 8.42 Å². The number of hydrogen-bond acceptors (Lipinski definition) is 3. The first-order chi connectivity index (χ1) is 12.4. The summed E-state index contributed by atoms with van der Waals surface area (Å²) >= 11 is 4.42. The Balaban J connectivity index is 1.71. The van der Waals surface area contributed by atoms with Crippen molar-refractivity contribution in [3.8, 4) is 0 Å². The van der Waals surface area contributed by atoms with Crippen molar-refractivity contribution in [1.82, 2.24) is 0 Å². The lowest BCUT2D eigenvalue weighted by Crippen LogP contribution is -2.20. The van der Waals surface area contributed by atoms with E-state index in [9.17, 15) is 8.42 Å². The molecule has 0 heterocycles. The summed E-state index contributed by atoms with van der Waals surface area (Å²) in [4.78, 5) is 1.38. The van der Waals surface area contributed by atoms with Crippen molar-refractivity contribution in [1.29, 1.82) is 0 Å². The van der Waals surface area contributed by atoms with Crippen molar-refractivity contribution in [3.05, 3.63) is 65.7 Å². The van der Waals surface area contributed by atoms with Gasteiger partial charge in [0.15, 0.2) is 9.84 Å². The molecule has 26 heavy (non-hydrogen) atoms. The predicted octanol–water partition coefficient (Wildman–Crippen LogP) is 5.51. The van der Waals surface area contributed by atoms with E-state index < -0.39 is 9.84 Å². The molecule has 4 heteroatoms. The summed E-state index contributed by atoms with van der Waals surface area (Å²) in [6.07, 6.45) is 9.90. The zero-order chi connectivity index (χ0) is 18.4. The summed E-state index contributed by atoms with van der Waals surface area (Å²) in [5, 5.41) is 0. The summed E-state index contributed by atoms with van der Waals surface area (Å²) in [5.41, 5.74) is 4.19. The fourth-order valence-electron chi connectivity index (χ4n) is 4.74. The lowest BCUT2D eigenvalue weighted by molar-refractivity contribution is 0.286. The highest BCUT2D eigenvalue weighted by Crippen LogP contribution is 2.59. The van der Waals surface area contributed by atoms with E-state index in [2.05, 4.69) is 43.0 Å². The van der Waals surface area contributed by atoms with Crippen LogP contribution in [0.3, 0.4) is 0 Å². The molecule has 0 aromatic heterocycles. The van der Waals surface area contributed by atoms with Gasteiger partial charge in [-0.3, -0.25) is 0 Å². The maximum absolute atomic E-state index is 11.7. The van der Waals surface area contributed by atoms with Gasteiger partial charge in [0.05, 0.1) is 4.90 Å². The number of sulfone groups is 1. The molecule has 2 aromatic carbocycles. The van der Waals surface area contributed by atoms with Crippen LogP contribution in [-0.4, -0.2) is 14.7 Å². The second kappa shape index (κ2) is 6.58. The molecule has 1 fully saturated rings. The highest BCUT2D eigenvalue weighted by molar-refractivity contribution is 7.90. The third-order valence-electron chi connectivity index (χ3n) is 6.07. The second-order valence-electron chi connectivity index (χ2n) is 7.80. The maximum Gasteiger partial charge on any atom is 0.175 e. The molecule has 0 saturated heterocycles. The Morgan fingerprint density at radius 2 is 1.58 bits per heavy atom. The number of benzene rings is 2. The van der Waals surface area contributed by atoms with Gasteiger partial charge in [-0.1, -0.05) is 43.2 Å². The van der Waals surface area contributed by atoms with E-state index in [0.29, 0.717) is 16.2 Å². The van der Waals surface area contributed by atoms with Gasteiger partial charge in [-0.2, -0.15) is 0 Å². The molecule has 136 valence electrons. The second-order valence-corrected chi connectivity index (χ2v) is 10.3. The average Bonchev–Trinajstić information content (AvgIpc) is 3.23. The van der Waals surface area contributed by atoms with Gasteiger partial charge in [0.25, 0.3) is 0 Å². The fraction of sp³-hybridized carbons (Fsp3) is 0.364. The van der Waals surface area contributed by atoms with Crippen molar-refractivity contribution in [2.45, 2.75) is 47.8 Å². The third kappa shape index (κ3) is 3.25. The predicted molar refractivity (Wildman–Crippen MR) is 109 cm³/mol. The van der Waals surface area contributed by atoms with E-state index in [-0.39, 0.29) is 0 Å². The van der Waals surface area contributed by atoms with Gasteiger partial charge >= 0.3 is 0 Å². The smallest absolute Gasteiger partial charge is 0.175 e. The minimum atomic E-state index is -3.15. The number of allylic oxidation sites excluding steroid dienone is 2. The Labute approximate surface area is 161 Å². The van der Waals surface area contributed by atoms with Crippen LogP contribution >= 0.6 is 12.6 Å². The monoisotopic (exact) mass is 384 g/mol. The van der Waals surface area contributed by atoms with Crippen LogP contribution < -0.4 is 0 Å². The Morgan fingerprint density at radius 3 is 2.15 bits per heavy atom. The highest BCUT2D eigenvalue weighted by atomic mass is 32.2. The molecular formula is C22H24O2S2. The zero-order valence-electron chi connectivity index (χ0n) is 15.0. The van der Waals surface area contributed by atoms with Gasteiger partial charge in [0.1, 0.15) is 0 Å². The van der Waals surface area contributed by atoms with Gasteiger partial charge in [0, 0.05) is 17.1 Å². The van der Waals surface area contributed by atoms with Gasteiger partial charge in [0.2, 0.25) is 0 Å². The maximum atomic E-state index is 11.7. The van der Waals surface area contributed by atoms with Crippen molar-refractivity contribution in [2.24, 2.45) is 5.41 Å². The third-order valence-corrected chi connectivity index (χ3v) is 7.50. The van der Waals surface area contributed by atoms with Crippen molar-refractivity contribution >= 4 is 28.0 Å². The summed E-state index contributed by atoms with van der Waals surface area (Å²) in [6.45, 7) is 0. The Hall–Kier alpha value is -1.52. The molecule has 0 amide bonds. The van der Waals surface area contributed by atoms with Gasteiger partial charge in [-0.15, -0.1) is 12.6 Å². The molecule has 2 aromatic rings. The molecular weight excluding hydrogens is 360 g/mol. The number of rotatable bonds is 3. The van der Waals surface area contributed by atoms with Crippen LogP contribution in [0.1, 0.15) is 49.1 Å². The molecule has 1 unspecified atom stereocenters. The molecule has 2 aliphatic rings. The summed E-state index contributed by atoms with van der Waals surface area (Å²) in [7, 11) is -3.15. The van der Waals surface area contributed by atoms with E-state index in [1.165, 1.54) is 43.1 Å². The van der Waals surface area contributed by atoms with E-state index >= 15 is 0 Å². The van der Waals surface area contributed by atoms with Crippen LogP contribution in [0.15, 0.2) is 64.4 Å². The quantitative estimate of drug-likeness (QED) is 0.708. The number of thiol groups is 1. The highest BCUT2D eigenvalue weighted by Gasteiger charge is 2.45. The zero-order valence-corrected chi connectivity index (χ0v) is 16.7. The van der Waals surface area contributed by atoms with Gasteiger partial charge in [-0.25, -0.2) is 8.42 Å². The Bertz CT molecular complexity index is 933. The molecule has 1 atom stereocenters. The normalized spacial score (nSPS) is 21.9. The van der Waals surface area contributed by atoms with Gasteiger partial charge in [-0.05, 0) is 65.6 Å². The lowest BCUT2D eigenvalue weighted by atomic mass is 9.72. The summed E-state index contributed by atoms with van der Waals surface area (Å²) in [6, 6.07) is 16.0. The molecule has 0 radical (unpaired) electrons. The fourth-order valence-corrected chi connectivity index (χ4v) is 5.52. The first-order valence-electron chi connectivity index (χ1n) is 9.18. The van der Waals surface area contributed by atoms with Gasteiger partial charge < -0.3 is 0 Å². The minimum absolute atomic E-state index is 0.322. The Kier molecular flexibility index (Phi) is 4.52. The van der Waals surface area contributed by atoms with Crippen molar-refractivity contribution in [2.75, 3.05) is 6.26 Å². The van der Waals surface area contributed by atoms with Crippen molar-refractivity contribution in [3.63, 3.8) is 0 Å². The summed E-state index contributed by atoms with van der Waals surface area (Å²) < 4.78 is 23.4. The molecule has 0 bridgehead atoms. The van der Waals surface area contributed by atoms with E-state index in [4.69, 9.17) is 0 Å².